The average molecular weight is 607 g/mol. The Bertz CT molecular complexity index is 1870. The van der Waals surface area contributed by atoms with Crippen LogP contribution in [0.1, 0.15) is 12.0 Å². The molecule has 5 nitrogen and oxygen atoms in total. The number of hydrogen-bond donors (Lipinski definition) is 0. The van der Waals surface area contributed by atoms with Crippen molar-refractivity contribution in [3.05, 3.63) is 152 Å². The van der Waals surface area contributed by atoms with Gasteiger partial charge < -0.3 is 4.74 Å². The highest BCUT2D eigenvalue weighted by atomic mass is 19.4. The number of hydrogen-bond acceptors (Lipinski definition) is 1. The first-order valence-electron chi connectivity index (χ1n) is 14.8. The van der Waals surface area contributed by atoms with Crippen LogP contribution in [0.25, 0.3) is 33.6 Å². The van der Waals surface area contributed by atoms with E-state index in [-0.39, 0.29) is 5.75 Å². The third-order valence-corrected chi connectivity index (χ3v) is 7.70. The molecule has 224 valence electrons. The Balaban J connectivity index is 1.03. The number of aryl methyl sites for hydroxylation is 3. The van der Waals surface area contributed by atoms with E-state index >= 15 is 0 Å². The monoisotopic (exact) mass is 606 g/mol. The third kappa shape index (κ3) is 7.41. The summed E-state index contributed by atoms with van der Waals surface area (Å²) < 4.78 is 50.8. The fourth-order valence-corrected chi connectivity index (χ4v) is 5.33. The van der Waals surface area contributed by atoms with E-state index in [1.54, 1.807) is 29.1 Å². The molecule has 8 heteroatoms. The molecule has 0 N–H and O–H groups in total. The summed E-state index contributed by atoms with van der Waals surface area (Å²) in [7, 11) is 0. The molecule has 0 saturated carbocycles. The largest absolute Gasteiger partial charge is 0.573 e. The van der Waals surface area contributed by atoms with Gasteiger partial charge in [0.05, 0.1) is 6.42 Å². The lowest BCUT2D eigenvalue weighted by atomic mass is 10.1. The second kappa shape index (κ2) is 13.1. The van der Waals surface area contributed by atoms with Crippen LogP contribution in [0.2, 0.25) is 0 Å². The Morgan fingerprint density at radius 1 is 0.511 bits per heavy atom. The highest BCUT2D eigenvalue weighted by Gasteiger charge is 2.33. The van der Waals surface area contributed by atoms with Crippen LogP contribution in [0.5, 0.6) is 5.75 Å². The van der Waals surface area contributed by atoms with Crippen molar-refractivity contribution < 1.29 is 36.2 Å². The minimum atomic E-state index is -4.76. The van der Waals surface area contributed by atoms with Crippen LogP contribution >= 0.6 is 0 Å². The number of para-hydroxylation sites is 3. The first-order valence-corrected chi connectivity index (χ1v) is 14.8. The zero-order valence-corrected chi connectivity index (χ0v) is 24.8. The number of ether oxygens (including phenoxy) is 1. The molecule has 0 aliphatic carbocycles. The van der Waals surface area contributed by atoms with Crippen molar-refractivity contribution in [3.8, 4) is 39.4 Å². The number of nitrogens with zero attached hydrogens (tertiary/aromatic N) is 4. The Labute approximate surface area is 260 Å². The van der Waals surface area contributed by atoms with Gasteiger partial charge in [-0.3, -0.25) is 0 Å². The van der Waals surface area contributed by atoms with Crippen molar-refractivity contribution in [3.63, 3.8) is 0 Å². The highest BCUT2D eigenvalue weighted by molar-refractivity contribution is 5.62. The van der Waals surface area contributed by atoms with E-state index in [1.165, 1.54) is 34.5 Å². The number of rotatable bonds is 9. The van der Waals surface area contributed by atoms with Crippen LogP contribution in [0.3, 0.4) is 0 Å². The molecule has 0 aliphatic rings. The van der Waals surface area contributed by atoms with Gasteiger partial charge in [0.1, 0.15) is 0 Å². The lowest BCUT2D eigenvalue weighted by molar-refractivity contribution is -0.726. The second-order valence-corrected chi connectivity index (χ2v) is 10.8. The van der Waals surface area contributed by atoms with E-state index in [0.29, 0.717) is 5.69 Å². The number of pyridine rings is 4. The molecule has 0 atom stereocenters. The van der Waals surface area contributed by atoms with E-state index in [4.69, 9.17) is 0 Å². The number of benzene rings is 2. The molecule has 4 heterocycles. The van der Waals surface area contributed by atoms with Crippen LogP contribution in [0, 0.1) is 6.92 Å². The first kappa shape index (κ1) is 29.7. The summed E-state index contributed by atoms with van der Waals surface area (Å²) >= 11 is 0. The third-order valence-electron chi connectivity index (χ3n) is 7.70. The molecule has 0 unspecified atom stereocenters. The van der Waals surface area contributed by atoms with Gasteiger partial charge in [-0.1, -0.05) is 30.3 Å². The fraction of sp³-hybridized carbons (Fsp3) is 0.135. The molecular weight excluding hydrogens is 573 g/mol. The summed E-state index contributed by atoms with van der Waals surface area (Å²) in [5.41, 5.74) is 7.07. The van der Waals surface area contributed by atoms with Gasteiger partial charge >= 0.3 is 6.36 Å². The molecule has 0 saturated heterocycles. The minimum absolute atomic E-state index is 0.249. The van der Waals surface area contributed by atoms with Crippen LogP contribution in [0.15, 0.2) is 147 Å². The van der Waals surface area contributed by atoms with Crippen molar-refractivity contribution in [2.45, 2.75) is 32.8 Å². The smallest absolute Gasteiger partial charge is 0.399 e. The standard InChI is InChI=1S/C37H33F3N4O/c1-29-7-2-3-8-34(29)43-25-15-32(16-26-43)30-11-21-41(22-12-30)19-6-20-42-23-13-31(14-24-42)33-17-27-44(28-18-33)35-9-4-5-10-36(35)45-37(38,39)40/h2-5,7-18,21-28H,6,19-20H2,1H3/q+4. The molecule has 6 rings (SSSR count). The summed E-state index contributed by atoms with van der Waals surface area (Å²) in [4.78, 5) is 0. The molecule has 0 bridgehead atoms. The van der Waals surface area contributed by atoms with Crippen LogP contribution in [-0.2, 0) is 13.1 Å². The van der Waals surface area contributed by atoms with Crippen molar-refractivity contribution in [2.24, 2.45) is 0 Å². The molecule has 6 aromatic rings. The molecular formula is C37H33F3N4O+4. The lowest BCUT2D eigenvalue weighted by Crippen LogP contribution is -2.38. The summed E-state index contributed by atoms with van der Waals surface area (Å²) in [6.07, 6.45) is 12.2. The number of aromatic nitrogens is 4. The molecule has 0 aliphatic heterocycles. The van der Waals surface area contributed by atoms with Gasteiger partial charge in [0.25, 0.3) is 5.69 Å². The molecule has 0 fully saturated rings. The normalized spacial score (nSPS) is 11.4. The predicted molar refractivity (Wildman–Crippen MR) is 163 cm³/mol. The van der Waals surface area contributed by atoms with Crippen LogP contribution in [-0.4, -0.2) is 6.36 Å². The first-order chi connectivity index (χ1) is 21.8. The molecule has 4 aromatic heterocycles. The van der Waals surface area contributed by atoms with Crippen LogP contribution < -0.4 is 23.0 Å². The maximum absolute atomic E-state index is 12.8. The van der Waals surface area contributed by atoms with Gasteiger partial charge in [-0.05, 0) is 35.2 Å². The zero-order valence-electron chi connectivity index (χ0n) is 24.8. The molecule has 0 radical (unpaired) electrons. The number of halogens is 3. The minimum Gasteiger partial charge on any atom is -0.399 e. The SMILES string of the molecule is Cc1ccccc1-[n+]1ccc(-c2cc[n+](CCC[n+]3ccc(-c4cc[n+](-c5ccccc5OC(F)(F)F)cc4)cc3)cc2)cc1. The van der Waals surface area contributed by atoms with Crippen molar-refractivity contribution >= 4 is 0 Å². The molecule has 45 heavy (non-hydrogen) atoms. The van der Waals surface area contributed by atoms with Gasteiger partial charge in [-0.25, -0.2) is 9.13 Å². The predicted octanol–water partition coefficient (Wildman–Crippen LogP) is 6.45. The zero-order chi connectivity index (χ0) is 31.2. The van der Waals surface area contributed by atoms with Gasteiger partial charge in [-0.2, -0.15) is 9.13 Å². The lowest BCUT2D eigenvalue weighted by Gasteiger charge is -2.09. The van der Waals surface area contributed by atoms with Gasteiger partial charge in [-0.15, -0.1) is 13.2 Å². The van der Waals surface area contributed by atoms with E-state index in [9.17, 15) is 13.2 Å². The Morgan fingerprint density at radius 3 is 1.38 bits per heavy atom. The summed E-state index contributed by atoms with van der Waals surface area (Å²) in [5.74, 6) is -0.249. The highest BCUT2D eigenvalue weighted by Crippen LogP contribution is 2.26. The van der Waals surface area contributed by atoms with Gasteiger partial charge in [0.15, 0.2) is 62.7 Å². The Kier molecular flexibility index (Phi) is 8.64. The molecule has 2 aromatic carbocycles. The van der Waals surface area contributed by atoms with Crippen molar-refractivity contribution in [1.29, 1.82) is 0 Å². The Morgan fingerprint density at radius 2 is 0.911 bits per heavy atom. The van der Waals surface area contributed by atoms with E-state index in [1.807, 2.05) is 24.3 Å². The van der Waals surface area contributed by atoms with Gasteiger partial charge in [0.2, 0.25) is 11.4 Å². The van der Waals surface area contributed by atoms with E-state index in [0.717, 1.165) is 30.6 Å². The Hall–Kier alpha value is -5.37. The average Bonchev–Trinajstić information content (AvgIpc) is 3.05. The van der Waals surface area contributed by atoms with Gasteiger partial charge in [0, 0.05) is 66.2 Å². The van der Waals surface area contributed by atoms with Crippen molar-refractivity contribution in [2.75, 3.05) is 0 Å². The maximum Gasteiger partial charge on any atom is 0.573 e. The van der Waals surface area contributed by atoms with E-state index < -0.39 is 6.36 Å². The summed E-state index contributed by atoms with van der Waals surface area (Å²) in [6.45, 7) is 3.89. The second-order valence-electron chi connectivity index (χ2n) is 10.8. The molecule has 0 spiro atoms. The summed E-state index contributed by atoms with van der Waals surface area (Å²) in [6, 6.07) is 30.9. The topological polar surface area (TPSA) is 24.8 Å². The molecule has 0 amide bonds. The fourth-order valence-electron chi connectivity index (χ4n) is 5.33. The maximum atomic E-state index is 12.8. The summed E-state index contributed by atoms with van der Waals surface area (Å²) in [5, 5.41) is 0. The van der Waals surface area contributed by atoms with Crippen LogP contribution in [0.4, 0.5) is 13.2 Å². The van der Waals surface area contributed by atoms with E-state index in [2.05, 4.69) is 111 Å². The van der Waals surface area contributed by atoms with Crippen molar-refractivity contribution in [1.82, 2.24) is 0 Å². The quantitative estimate of drug-likeness (QED) is 0.174. The number of alkyl halides is 3.